The van der Waals surface area contributed by atoms with Gasteiger partial charge >= 0.3 is 12.4 Å². The molecule has 4 aliphatic rings. The van der Waals surface area contributed by atoms with E-state index in [9.17, 15) is 26.3 Å². The van der Waals surface area contributed by atoms with Crippen molar-refractivity contribution in [1.29, 1.82) is 0 Å². The van der Waals surface area contributed by atoms with E-state index >= 15 is 0 Å². The maximum atomic E-state index is 12.9. The van der Waals surface area contributed by atoms with E-state index < -0.39 is 24.7 Å². The molecular formula is C27H36F6. The van der Waals surface area contributed by atoms with Crippen LogP contribution in [0.1, 0.15) is 78.6 Å². The van der Waals surface area contributed by atoms with Gasteiger partial charge in [-0.1, -0.05) is 62.6 Å². The minimum atomic E-state index is -5.27. The SMILES string of the molecule is C[C@H](/C=C/CC(C(F)(F)F)C(F)(F)F)[C@H]1CC[C@H]2C3=CC=C4CCCC[C@]4(C)[C@H]3CC[C@]12C. The molecular weight excluding hydrogens is 438 g/mol. The number of alkyl halides is 6. The summed E-state index contributed by atoms with van der Waals surface area (Å²) in [6, 6.07) is 0. The van der Waals surface area contributed by atoms with Crippen LogP contribution in [0.3, 0.4) is 0 Å². The van der Waals surface area contributed by atoms with Gasteiger partial charge in [-0.2, -0.15) is 26.3 Å². The highest BCUT2D eigenvalue weighted by atomic mass is 19.4. The normalized spacial score (nSPS) is 37.9. The quantitative estimate of drug-likeness (QED) is 0.281. The van der Waals surface area contributed by atoms with Crippen LogP contribution in [0.4, 0.5) is 26.3 Å². The first-order valence-corrected chi connectivity index (χ1v) is 12.5. The van der Waals surface area contributed by atoms with Crippen molar-refractivity contribution in [3.8, 4) is 0 Å². The summed E-state index contributed by atoms with van der Waals surface area (Å²) in [7, 11) is 0. The maximum Gasteiger partial charge on any atom is 0.400 e. The number of allylic oxidation sites excluding steroid dienone is 6. The van der Waals surface area contributed by atoms with E-state index in [4.69, 9.17) is 0 Å². The van der Waals surface area contributed by atoms with Gasteiger partial charge in [0.1, 0.15) is 0 Å². The van der Waals surface area contributed by atoms with Crippen molar-refractivity contribution in [2.75, 3.05) is 0 Å². The lowest BCUT2D eigenvalue weighted by molar-refractivity contribution is -0.282. The highest BCUT2D eigenvalue weighted by molar-refractivity contribution is 5.38. The van der Waals surface area contributed by atoms with E-state index in [0.29, 0.717) is 11.8 Å². The average molecular weight is 475 g/mol. The van der Waals surface area contributed by atoms with Gasteiger partial charge in [0.2, 0.25) is 0 Å². The van der Waals surface area contributed by atoms with Gasteiger partial charge in [-0.15, -0.1) is 0 Å². The highest BCUT2D eigenvalue weighted by Crippen LogP contribution is 2.66. The van der Waals surface area contributed by atoms with Crippen LogP contribution in [0.2, 0.25) is 0 Å². The van der Waals surface area contributed by atoms with E-state index in [1.54, 1.807) is 17.2 Å². The minimum absolute atomic E-state index is 0.0424. The van der Waals surface area contributed by atoms with Crippen LogP contribution < -0.4 is 0 Å². The lowest BCUT2D eigenvalue weighted by atomic mass is 9.50. The van der Waals surface area contributed by atoms with E-state index in [1.807, 2.05) is 6.92 Å². The van der Waals surface area contributed by atoms with Gasteiger partial charge in [-0.05, 0) is 85.9 Å². The Bertz CT molecular complexity index is 817. The van der Waals surface area contributed by atoms with Crippen molar-refractivity contribution < 1.29 is 26.3 Å². The molecule has 0 radical (unpaired) electrons. The molecule has 186 valence electrons. The zero-order chi connectivity index (χ0) is 24.2. The summed E-state index contributed by atoms with van der Waals surface area (Å²) in [6.07, 6.45) is 5.12. The lowest BCUT2D eigenvalue weighted by Gasteiger charge is -2.54. The van der Waals surface area contributed by atoms with Crippen LogP contribution in [0.5, 0.6) is 0 Å². The molecule has 0 heterocycles. The summed E-state index contributed by atoms with van der Waals surface area (Å²) in [5.41, 5.74) is 3.47. The summed E-state index contributed by atoms with van der Waals surface area (Å²) in [4.78, 5) is 0. The molecule has 0 aliphatic heterocycles. The Balaban J connectivity index is 1.49. The molecule has 4 rings (SSSR count). The third-order valence-electron chi connectivity index (χ3n) is 9.79. The van der Waals surface area contributed by atoms with Crippen LogP contribution in [0.25, 0.3) is 0 Å². The summed E-state index contributed by atoms with van der Waals surface area (Å²) < 4.78 is 77.2. The van der Waals surface area contributed by atoms with Gasteiger partial charge in [-0.25, -0.2) is 0 Å². The molecule has 3 saturated carbocycles. The first-order valence-electron chi connectivity index (χ1n) is 12.5. The van der Waals surface area contributed by atoms with Crippen molar-refractivity contribution in [2.24, 2.45) is 40.4 Å². The molecule has 6 heteroatoms. The Hall–Kier alpha value is -1.20. The second-order valence-electron chi connectivity index (χ2n) is 11.5. The number of fused-ring (bicyclic) bond motifs is 5. The molecule has 0 nitrogen and oxygen atoms in total. The summed E-state index contributed by atoms with van der Waals surface area (Å²) in [5, 5.41) is 0. The fraction of sp³-hybridized carbons (Fsp3) is 0.778. The molecule has 0 aromatic rings. The van der Waals surface area contributed by atoms with E-state index in [0.717, 1.165) is 31.8 Å². The van der Waals surface area contributed by atoms with Crippen LogP contribution in [0, 0.1) is 40.4 Å². The topological polar surface area (TPSA) is 0 Å². The molecule has 0 saturated heterocycles. The summed E-state index contributed by atoms with van der Waals surface area (Å²) in [5.74, 6) is -2.01. The lowest BCUT2D eigenvalue weighted by Crippen LogP contribution is -2.45. The molecule has 0 amide bonds. The van der Waals surface area contributed by atoms with Gasteiger partial charge in [0, 0.05) is 0 Å². The minimum Gasteiger partial charge on any atom is -0.170 e. The molecule has 0 N–H and O–H groups in total. The van der Waals surface area contributed by atoms with Crippen LogP contribution >= 0.6 is 0 Å². The van der Waals surface area contributed by atoms with Gasteiger partial charge in [0.15, 0.2) is 5.92 Å². The standard InChI is InChI=1S/C27H36F6/c1-17(7-6-9-23(26(28,29)30)27(31,32)33)20-12-13-21-19-11-10-18-8-4-5-15-24(18,2)22(19)14-16-25(20,21)3/h6-7,10-11,17,20-23H,4-5,8-9,12-16H2,1-3H3/b7-6+/t17-,20-,21+,22+,24+,25-/m1/s1. The van der Waals surface area contributed by atoms with Gasteiger partial charge in [-0.3, -0.25) is 0 Å². The van der Waals surface area contributed by atoms with E-state index in [2.05, 4.69) is 26.0 Å². The first-order chi connectivity index (χ1) is 15.3. The molecule has 0 bridgehead atoms. The van der Waals surface area contributed by atoms with Crippen molar-refractivity contribution >= 4 is 0 Å². The molecule has 0 unspecified atom stereocenters. The fourth-order valence-electron chi connectivity index (χ4n) is 7.96. The Morgan fingerprint density at radius 1 is 0.939 bits per heavy atom. The van der Waals surface area contributed by atoms with Gasteiger partial charge in [0.05, 0.1) is 0 Å². The number of hydrogen-bond donors (Lipinski definition) is 0. The molecule has 0 spiro atoms. The molecule has 4 aliphatic carbocycles. The average Bonchev–Trinajstić information content (AvgIpc) is 3.06. The smallest absolute Gasteiger partial charge is 0.170 e. The largest absolute Gasteiger partial charge is 0.400 e. The monoisotopic (exact) mass is 474 g/mol. The molecule has 0 aromatic heterocycles. The Kier molecular flexibility index (Phi) is 6.40. The molecule has 0 aromatic carbocycles. The third kappa shape index (κ3) is 4.33. The Morgan fingerprint density at radius 2 is 1.64 bits per heavy atom. The maximum absolute atomic E-state index is 12.9. The number of hydrogen-bond acceptors (Lipinski definition) is 0. The predicted molar refractivity (Wildman–Crippen MR) is 118 cm³/mol. The van der Waals surface area contributed by atoms with Crippen molar-refractivity contribution in [3.63, 3.8) is 0 Å². The molecule has 3 fully saturated rings. The van der Waals surface area contributed by atoms with Crippen LogP contribution in [-0.2, 0) is 0 Å². The zero-order valence-electron chi connectivity index (χ0n) is 19.8. The third-order valence-corrected chi connectivity index (χ3v) is 9.79. The van der Waals surface area contributed by atoms with Crippen molar-refractivity contribution in [1.82, 2.24) is 0 Å². The second-order valence-corrected chi connectivity index (χ2v) is 11.5. The highest BCUT2D eigenvalue weighted by Gasteiger charge is 2.57. The molecule has 33 heavy (non-hydrogen) atoms. The summed E-state index contributed by atoms with van der Waals surface area (Å²) in [6.45, 7) is 6.72. The summed E-state index contributed by atoms with van der Waals surface area (Å²) >= 11 is 0. The van der Waals surface area contributed by atoms with Crippen molar-refractivity contribution in [3.05, 3.63) is 35.5 Å². The number of rotatable bonds is 4. The van der Waals surface area contributed by atoms with Crippen molar-refractivity contribution in [2.45, 2.75) is 90.9 Å². The number of halogens is 6. The van der Waals surface area contributed by atoms with Crippen LogP contribution in [0.15, 0.2) is 35.5 Å². The zero-order valence-corrected chi connectivity index (χ0v) is 19.8. The fourth-order valence-corrected chi connectivity index (χ4v) is 7.96. The van der Waals surface area contributed by atoms with Gasteiger partial charge < -0.3 is 0 Å². The first kappa shape index (κ1) is 24.9. The van der Waals surface area contributed by atoms with Crippen LogP contribution in [-0.4, -0.2) is 12.4 Å². The molecule has 6 atom stereocenters. The Morgan fingerprint density at radius 3 is 2.30 bits per heavy atom. The van der Waals surface area contributed by atoms with Gasteiger partial charge in [0.25, 0.3) is 0 Å². The van der Waals surface area contributed by atoms with E-state index in [-0.39, 0.29) is 22.7 Å². The predicted octanol–water partition coefficient (Wildman–Crippen LogP) is 9.20. The van der Waals surface area contributed by atoms with E-state index in [1.165, 1.54) is 25.7 Å². The second kappa shape index (κ2) is 8.48. The Labute approximate surface area is 193 Å².